The van der Waals surface area contributed by atoms with E-state index in [9.17, 15) is 4.79 Å². The van der Waals surface area contributed by atoms with Gasteiger partial charge in [0.2, 0.25) is 5.91 Å². The molecule has 0 radical (unpaired) electrons. The van der Waals surface area contributed by atoms with Gasteiger partial charge >= 0.3 is 0 Å². The van der Waals surface area contributed by atoms with Crippen LogP contribution in [0.1, 0.15) is 36.8 Å². The molecule has 1 N–H and O–H groups in total. The first-order chi connectivity index (χ1) is 13.6. The second-order valence-corrected chi connectivity index (χ2v) is 8.45. The van der Waals surface area contributed by atoms with Gasteiger partial charge in [-0.3, -0.25) is 4.79 Å². The first-order valence-electron chi connectivity index (χ1n) is 10.0. The summed E-state index contributed by atoms with van der Waals surface area (Å²) in [7, 11) is 1.96. The summed E-state index contributed by atoms with van der Waals surface area (Å²) in [6.07, 6.45) is 5.04. The molecule has 4 rings (SSSR count). The van der Waals surface area contributed by atoms with E-state index >= 15 is 0 Å². The number of ether oxygens (including phenoxy) is 1. The molecule has 2 atom stereocenters. The van der Waals surface area contributed by atoms with Gasteiger partial charge in [-0.25, -0.2) is 0 Å². The lowest BCUT2D eigenvalue weighted by molar-refractivity contribution is -0.131. The number of amides is 1. The van der Waals surface area contributed by atoms with Crippen molar-refractivity contribution in [2.75, 3.05) is 7.05 Å². The van der Waals surface area contributed by atoms with E-state index in [4.69, 9.17) is 16.3 Å². The van der Waals surface area contributed by atoms with Crippen molar-refractivity contribution in [1.29, 1.82) is 0 Å². The number of likely N-dealkylation sites (N-methyl/N-ethyl adjacent to an activating group) is 1. The van der Waals surface area contributed by atoms with E-state index in [1.54, 1.807) is 0 Å². The van der Waals surface area contributed by atoms with Crippen LogP contribution >= 0.6 is 24.0 Å². The lowest BCUT2D eigenvalue weighted by atomic mass is 9.98. The van der Waals surface area contributed by atoms with Crippen molar-refractivity contribution in [2.24, 2.45) is 0 Å². The zero-order chi connectivity index (χ0) is 19.5. The van der Waals surface area contributed by atoms with E-state index < -0.39 is 0 Å². The number of carbonyl (C=O) groups excluding carboxylic acids is 1. The van der Waals surface area contributed by atoms with Crippen molar-refractivity contribution < 1.29 is 9.53 Å². The Bertz CT molecular complexity index is 833. The number of fused-ring (bicyclic) bond motifs is 2. The van der Waals surface area contributed by atoms with Gasteiger partial charge in [-0.05, 0) is 61.1 Å². The van der Waals surface area contributed by atoms with Crippen LogP contribution in [0.2, 0.25) is 5.02 Å². The van der Waals surface area contributed by atoms with Gasteiger partial charge in [0, 0.05) is 30.2 Å². The molecule has 1 amide bonds. The summed E-state index contributed by atoms with van der Waals surface area (Å²) in [6, 6.07) is 17.0. The first kappa shape index (κ1) is 21.9. The average molecular weight is 435 g/mol. The van der Waals surface area contributed by atoms with Crippen molar-refractivity contribution in [3.05, 3.63) is 64.7 Å². The molecular weight excluding hydrogens is 407 g/mol. The van der Waals surface area contributed by atoms with Crippen molar-refractivity contribution in [3.63, 3.8) is 0 Å². The van der Waals surface area contributed by atoms with E-state index in [0.29, 0.717) is 36.2 Å². The smallest absolute Gasteiger partial charge is 0.226 e. The Kier molecular flexibility index (Phi) is 7.44. The number of benzene rings is 2. The molecule has 4 nitrogen and oxygen atoms in total. The Morgan fingerprint density at radius 3 is 2.52 bits per heavy atom. The quantitative estimate of drug-likeness (QED) is 0.720. The molecule has 2 aliphatic heterocycles. The molecule has 2 saturated heterocycles. The largest absolute Gasteiger partial charge is 0.489 e. The summed E-state index contributed by atoms with van der Waals surface area (Å²) in [5.41, 5.74) is 2.01. The molecule has 2 unspecified atom stereocenters. The molecule has 0 aromatic heterocycles. The maximum Gasteiger partial charge on any atom is 0.226 e. The van der Waals surface area contributed by atoms with E-state index in [1.165, 1.54) is 12.8 Å². The van der Waals surface area contributed by atoms with Crippen molar-refractivity contribution in [1.82, 2.24) is 10.2 Å². The lowest BCUT2D eigenvalue weighted by Gasteiger charge is -2.35. The highest BCUT2D eigenvalue weighted by Gasteiger charge is 2.36. The topological polar surface area (TPSA) is 41.6 Å². The number of nitrogens with one attached hydrogen (secondary N) is 1. The highest BCUT2D eigenvalue weighted by molar-refractivity contribution is 6.30. The van der Waals surface area contributed by atoms with Crippen molar-refractivity contribution >= 4 is 29.9 Å². The highest BCUT2D eigenvalue weighted by Crippen LogP contribution is 2.29. The monoisotopic (exact) mass is 434 g/mol. The molecule has 2 aromatic rings. The van der Waals surface area contributed by atoms with Crippen molar-refractivity contribution in [2.45, 2.75) is 56.8 Å². The van der Waals surface area contributed by atoms with Crippen LogP contribution in [0.25, 0.3) is 0 Å². The Balaban J connectivity index is 0.00000240. The SMILES string of the molecule is CN(C(=O)Cc1cccc(OCc2cccc(Cl)c2)c1)C1CC2CCC(C1)N2.Cl. The van der Waals surface area contributed by atoms with Crippen LogP contribution in [0.3, 0.4) is 0 Å². The Morgan fingerprint density at radius 1 is 1.10 bits per heavy atom. The Morgan fingerprint density at radius 2 is 1.79 bits per heavy atom. The molecule has 0 spiro atoms. The number of nitrogens with zero attached hydrogens (tertiary/aromatic N) is 1. The fourth-order valence-corrected chi connectivity index (χ4v) is 4.60. The molecule has 6 heteroatoms. The second-order valence-electron chi connectivity index (χ2n) is 8.01. The van der Waals surface area contributed by atoms with E-state index in [1.807, 2.05) is 60.5 Å². The van der Waals surface area contributed by atoms with Crippen LogP contribution in [0.5, 0.6) is 5.75 Å². The Labute approximate surface area is 184 Å². The maximum absolute atomic E-state index is 12.8. The van der Waals surface area contributed by atoms with E-state index in [-0.39, 0.29) is 18.3 Å². The Hall–Kier alpha value is -1.75. The fourth-order valence-electron chi connectivity index (χ4n) is 4.39. The first-order valence-corrected chi connectivity index (χ1v) is 10.4. The number of carbonyl (C=O) groups is 1. The van der Waals surface area contributed by atoms with Crippen LogP contribution < -0.4 is 10.1 Å². The van der Waals surface area contributed by atoms with E-state index in [2.05, 4.69) is 5.32 Å². The van der Waals surface area contributed by atoms with Crippen LogP contribution in [-0.4, -0.2) is 36.0 Å². The van der Waals surface area contributed by atoms with Gasteiger partial charge in [0.1, 0.15) is 12.4 Å². The zero-order valence-electron chi connectivity index (χ0n) is 16.6. The summed E-state index contributed by atoms with van der Waals surface area (Å²) in [4.78, 5) is 14.8. The predicted molar refractivity (Wildman–Crippen MR) is 119 cm³/mol. The van der Waals surface area contributed by atoms with Crippen LogP contribution in [0.15, 0.2) is 48.5 Å². The molecule has 2 heterocycles. The average Bonchev–Trinajstić information content (AvgIpc) is 3.04. The van der Waals surface area contributed by atoms with Crippen LogP contribution in [0.4, 0.5) is 0 Å². The molecule has 2 aliphatic rings. The van der Waals surface area contributed by atoms with Gasteiger partial charge in [-0.15, -0.1) is 12.4 Å². The molecule has 2 fully saturated rings. The number of hydrogen-bond donors (Lipinski definition) is 1. The summed E-state index contributed by atoms with van der Waals surface area (Å²) >= 11 is 6.02. The molecule has 2 aromatic carbocycles. The molecule has 2 bridgehead atoms. The van der Waals surface area contributed by atoms with Gasteiger partial charge < -0.3 is 15.0 Å². The highest BCUT2D eigenvalue weighted by atomic mass is 35.5. The molecule has 156 valence electrons. The lowest BCUT2D eigenvalue weighted by Crippen LogP contribution is -2.49. The molecule has 0 aliphatic carbocycles. The van der Waals surface area contributed by atoms with Crippen LogP contribution in [0, 0.1) is 0 Å². The molecule has 0 saturated carbocycles. The molecular formula is C23H28Cl2N2O2. The van der Waals surface area contributed by atoms with Gasteiger partial charge in [0.05, 0.1) is 6.42 Å². The summed E-state index contributed by atoms with van der Waals surface area (Å²) in [6.45, 7) is 0.454. The maximum atomic E-state index is 12.8. The third-order valence-electron chi connectivity index (χ3n) is 5.94. The predicted octanol–water partition coefficient (Wildman–Crippen LogP) is 4.62. The normalized spacial score (nSPS) is 22.6. The summed E-state index contributed by atoms with van der Waals surface area (Å²) in [5, 5.41) is 4.34. The zero-order valence-corrected chi connectivity index (χ0v) is 18.2. The minimum Gasteiger partial charge on any atom is -0.489 e. The van der Waals surface area contributed by atoms with Crippen molar-refractivity contribution in [3.8, 4) is 5.75 Å². The third kappa shape index (κ3) is 5.65. The molecule has 29 heavy (non-hydrogen) atoms. The summed E-state index contributed by atoms with van der Waals surface area (Å²) in [5.74, 6) is 0.950. The van der Waals surface area contributed by atoms with Gasteiger partial charge in [0.25, 0.3) is 0 Å². The van der Waals surface area contributed by atoms with E-state index in [0.717, 1.165) is 29.7 Å². The second kappa shape index (κ2) is 9.84. The number of rotatable bonds is 6. The minimum atomic E-state index is 0. The number of hydrogen-bond acceptors (Lipinski definition) is 3. The summed E-state index contributed by atoms with van der Waals surface area (Å²) < 4.78 is 5.89. The fraction of sp³-hybridized carbons (Fsp3) is 0.435. The third-order valence-corrected chi connectivity index (χ3v) is 6.17. The van der Waals surface area contributed by atoms with Gasteiger partial charge in [0.15, 0.2) is 0 Å². The number of piperidine rings is 1. The van der Waals surface area contributed by atoms with Crippen LogP contribution in [-0.2, 0) is 17.8 Å². The van der Waals surface area contributed by atoms with Gasteiger partial charge in [-0.1, -0.05) is 35.9 Å². The minimum absolute atomic E-state index is 0. The van der Waals surface area contributed by atoms with Gasteiger partial charge in [-0.2, -0.15) is 0 Å². The number of halogens is 2. The standard InChI is InChI=1S/C23H27ClN2O2.ClH/c1-26(21-13-19-8-9-20(14-21)25-19)23(27)12-16-4-3-7-22(11-16)28-15-17-5-2-6-18(24)10-17;/h2-7,10-11,19-21,25H,8-9,12-15H2,1H3;1H.